The summed E-state index contributed by atoms with van der Waals surface area (Å²) in [4.78, 5) is 14.1. The number of hydrogen-bond donors (Lipinski definition) is 0. The highest BCUT2D eigenvalue weighted by molar-refractivity contribution is 7.99. The van der Waals surface area contributed by atoms with Crippen molar-refractivity contribution in [2.24, 2.45) is 0 Å². The molecule has 0 N–H and O–H groups in total. The highest BCUT2D eigenvalue weighted by Gasteiger charge is 2.02. The molecule has 0 radical (unpaired) electrons. The van der Waals surface area contributed by atoms with Gasteiger partial charge in [-0.25, -0.2) is 0 Å². The predicted molar refractivity (Wildman–Crippen MR) is 69.9 cm³/mol. The Bertz CT molecular complexity index is 334. The van der Waals surface area contributed by atoms with Gasteiger partial charge in [0.2, 0.25) is 5.91 Å². The van der Waals surface area contributed by atoms with Crippen LogP contribution in [0.15, 0.2) is 29.2 Å². The van der Waals surface area contributed by atoms with Crippen molar-refractivity contribution < 1.29 is 4.79 Å². The Morgan fingerprint density at radius 3 is 2.44 bits per heavy atom. The molecule has 0 aliphatic heterocycles. The van der Waals surface area contributed by atoms with Gasteiger partial charge in [0.25, 0.3) is 0 Å². The van der Waals surface area contributed by atoms with E-state index in [1.165, 1.54) is 10.5 Å². The van der Waals surface area contributed by atoms with E-state index >= 15 is 0 Å². The molecule has 3 heteroatoms. The summed E-state index contributed by atoms with van der Waals surface area (Å²) >= 11 is 1.85. The first kappa shape index (κ1) is 13.1. The number of likely N-dealkylation sites (N-methyl/N-ethyl adjacent to an activating group) is 1. The third-order valence-electron chi connectivity index (χ3n) is 2.51. The lowest BCUT2D eigenvalue weighted by Gasteiger charge is -2.14. The second-order valence-electron chi connectivity index (χ2n) is 3.77. The van der Waals surface area contributed by atoms with E-state index in [1.807, 2.05) is 18.8 Å². The molecule has 0 saturated carbocycles. The van der Waals surface area contributed by atoms with Crippen LogP contribution in [0.2, 0.25) is 0 Å². The summed E-state index contributed by atoms with van der Waals surface area (Å²) in [6.45, 7) is 4.54. The number of carbonyl (C=O) groups excluding carboxylic acids is 1. The predicted octanol–water partition coefficient (Wildman–Crippen LogP) is 2.82. The zero-order chi connectivity index (χ0) is 12.0. The second-order valence-corrected chi connectivity index (χ2v) is 5.10. The van der Waals surface area contributed by atoms with Crippen LogP contribution in [-0.2, 0) is 11.2 Å². The van der Waals surface area contributed by atoms with Gasteiger partial charge in [0.05, 0.1) is 0 Å². The lowest BCUT2D eigenvalue weighted by molar-refractivity contribution is -0.127. The number of thioether (sulfide) groups is 1. The molecule has 2 nitrogen and oxygen atoms in total. The number of nitrogens with zero attached hydrogens (tertiary/aromatic N) is 1. The zero-order valence-corrected chi connectivity index (χ0v) is 11.0. The van der Waals surface area contributed by atoms with E-state index in [1.54, 1.807) is 11.8 Å². The van der Waals surface area contributed by atoms with Gasteiger partial charge in [-0.15, -0.1) is 11.8 Å². The largest absolute Gasteiger partial charge is 0.346 e. The van der Waals surface area contributed by atoms with E-state index in [2.05, 4.69) is 31.2 Å². The summed E-state index contributed by atoms with van der Waals surface area (Å²) in [5.41, 5.74) is 1.29. The smallest absolute Gasteiger partial charge is 0.219 e. The van der Waals surface area contributed by atoms with E-state index in [0.717, 1.165) is 18.7 Å². The lowest BCUT2D eigenvalue weighted by atomic mass is 10.1. The number of amides is 1. The Morgan fingerprint density at radius 1 is 1.31 bits per heavy atom. The normalized spacial score (nSPS) is 10.2. The topological polar surface area (TPSA) is 20.3 Å². The molecule has 0 aliphatic rings. The van der Waals surface area contributed by atoms with Crippen LogP contribution in [0.25, 0.3) is 0 Å². The quantitative estimate of drug-likeness (QED) is 0.734. The average molecular weight is 237 g/mol. The van der Waals surface area contributed by atoms with Gasteiger partial charge < -0.3 is 4.90 Å². The van der Waals surface area contributed by atoms with Gasteiger partial charge in [-0.1, -0.05) is 19.1 Å². The molecule has 1 aromatic rings. The molecule has 0 aliphatic carbocycles. The van der Waals surface area contributed by atoms with Crippen LogP contribution in [0.3, 0.4) is 0 Å². The van der Waals surface area contributed by atoms with Gasteiger partial charge >= 0.3 is 0 Å². The van der Waals surface area contributed by atoms with E-state index in [4.69, 9.17) is 0 Å². The fourth-order valence-corrected chi connectivity index (χ4v) is 2.04. The van der Waals surface area contributed by atoms with E-state index in [9.17, 15) is 4.79 Å². The molecular weight excluding hydrogens is 218 g/mol. The molecule has 1 aromatic carbocycles. The van der Waals surface area contributed by atoms with E-state index in [-0.39, 0.29) is 5.91 Å². The van der Waals surface area contributed by atoms with Crippen molar-refractivity contribution in [3.63, 3.8) is 0 Å². The maximum absolute atomic E-state index is 11.0. The molecule has 0 heterocycles. The van der Waals surface area contributed by atoms with Crippen LogP contribution in [0.5, 0.6) is 0 Å². The summed E-state index contributed by atoms with van der Waals surface area (Å²) in [6.07, 6.45) is 0.924. The molecule has 1 amide bonds. The number of hydrogen-bond acceptors (Lipinski definition) is 2. The average Bonchev–Trinajstić information content (AvgIpc) is 2.28. The molecule has 0 spiro atoms. The van der Waals surface area contributed by atoms with Crippen LogP contribution < -0.4 is 0 Å². The van der Waals surface area contributed by atoms with Gasteiger partial charge in [0, 0.05) is 25.4 Å². The molecule has 0 unspecified atom stereocenters. The van der Waals surface area contributed by atoms with Crippen LogP contribution in [0.1, 0.15) is 19.4 Å². The lowest BCUT2D eigenvalue weighted by Crippen LogP contribution is -2.26. The van der Waals surface area contributed by atoms with Gasteiger partial charge in [-0.3, -0.25) is 4.79 Å². The Balaban J connectivity index is 2.46. The minimum Gasteiger partial charge on any atom is -0.346 e. The SMILES string of the molecule is CCSc1ccc(CCN(C)C(C)=O)cc1. The zero-order valence-electron chi connectivity index (χ0n) is 10.2. The summed E-state index contributed by atoms with van der Waals surface area (Å²) in [5.74, 6) is 1.23. The molecule has 1 rings (SSSR count). The van der Waals surface area contributed by atoms with Crippen molar-refractivity contribution in [1.82, 2.24) is 4.90 Å². The molecule has 0 fully saturated rings. The van der Waals surface area contributed by atoms with Crippen LogP contribution in [0, 0.1) is 0 Å². The first-order valence-corrected chi connectivity index (χ1v) is 6.55. The molecule has 0 saturated heterocycles. The van der Waals surface area contributed by atoms with Crippen molar-refractivity contribution in [3.8, 4) is 0 Å². The van der Waals surface area contributed by atoms with Gasteiger partial charge in [0.1, 0.15) is 0 Å². The first-order chi connectivity index (χ1) is 7.63. The maximum Gasteiger partial charge on any atom is 0.219 e. The standard InChI is InChI=1S/C13H19NOS/c1-4-16-13-7-5-12(6-8-13)9-10-14(3)11(2)15/h5-8H,4,9-10H2,1-3H3. The minimum atomic E-state index is 0.123. The Kier molecular flexibility index (Phi) is 5.39. The number of carbonyl (C=O) groups is 1. The second kappa shape index (κ2) is 6.59. The Hall–Kier alpha value is -0.960. The van der Waals surface area contributed by atoms with Gasteiger partial charge in [-0.05, 0) is 29.9 Å². The molecule has 88 valence electrons. The number of benzene rings is 1. The Morgan fingerprint density at radius 2 is 1.94 bits per heavy atom. The van der Waals surface area contributed by atoms with Crippen molar-refractivity contribution >= 4 is 17.7 Å². The number of rotatable bonds is 5. The van der Waals surface area contributed by atoms with Crippen molar-refractivity contribution in [2.75, 3.05) is 19.3 Å². The van der Waals surface area contributed by atoms with Gasteiger partial charge in [0.15, 0.2) is 0 Å². The van der Waals surface area contributed by atoms with Crippen LogP contribution >= 0.6 is 11.8 Å². The summed E-state index contributed by atoms with van der Waals surface area (Å²) in [7, 11) is 1.84. The highest BCUT2D eigenvalue weighted by Crippen LogP contribution is 2.17. The summed E-state index contributed by atoms with van der Waals surface area (Å²) < 4.78 is 0. The summed E-state index contributed by atoms with van der Waals surface area (Å²) in [5, 5.41) is 0. The molecule has 16 heavy (non-hydrogen) atoms. The summed E-state index contributed by atoms with van der Waals surface area (Å²) in [6, 6.07) is 8.59. The third kappa shape index (κ3) is 4.27. The van der Waals surface area contributed by atoms with Crippen LogP contribution in [-0.4, -0.2) is 30.2 Å². The first-order valence-electron chi connectivity index (χ1n) is 5.57. The highest BCUT2D eigenvalue weighted by atomic mass is 32.2. The molecular formula is C13H19NOS. The van der Waals surface area contributed by atoms with Crippen molar-refractivity contribution in [1.29, 1.82) is 0 Å². The fraction of sp³-hybridized carbons (Fsp3) is 0.462. The Labute approximate surface area is 102 Å². The van der Waals surface area contributed by atoms with Crippen molar-refractivity contribution in [3.05, 3.63) is 29.8 Å². The minimum absolute atomic E-state index is 0.123. The maximum atomic E-state index is 11.0. The third-order valence-corrected chi connectivity index (χ3v) is 3.40. The monoisotopic (exact) mass is 237 g/mol. The molecule has 0 bridgehead atoms. The molecule has 0 atom stereocenters. The van der Waals surface area contributed by atoms with E-state index < -0.39 is 0 Å². The fourth-order valence-electron chi connectivity index (χ4n) is 1.37. The molecule has 0 aromatic heterocycles. The van der Waals surface area contributed by atoms with E-state index in [0.29, 0.717) is 0 Å². The van der Waals surface area contributed by atoms with Gasteiger partial charge in [-0.2, -0.15) is 0 Å². The van der Waals surface area contributed by atoms with Crippen molar-refractivity contribution in [2.45, 2.75) is 25.2 Å². The van der Waals surface area contributed by atoms with Crippen LogP contribution in [0.4, 0.5) is 0 Å².